The van der Waals surface area contributed by atoms with E-state index in [0.29, 0.717) is 12.8 Å². The van der Waals surface area contributed by atoms with Gasteiger partial charge in [0.1, 0.15) is 10.3 Å². The summed E-state index contributed by atoms with van der Waals surface area (Å²) >= 11 is 0. The van der Waals surface area contributed by atoms with Crippen molar-refractivity contribution >= 4 is 16.1 Å². The summed E-state index contributed by atoms with van der Waals surface area (Å²) in [5.41, 5.74) is -0.599. The van der Waals surface area contributed by atoms with Gasteiger partial charge in [0, 0.05) is 6.54 Å². The number of primary sulfonamides is 1. The third-order valence-corrected chi connectivity index (χ3v) is 4.58. The fourth-order valence-electron chi connectivity index (χ4n) is 1.68. The summed E-state index contributed by atoms with van der Waals surface area (Å²) < 4.78 is 26.9. The average Bonchev–Trinajstić information content (AvgIpc) is 1.94. The van der Waals surface area contributed by atoms with Gasteiger partial charge in [-0.3, -0.25) is 0 Å². The maximum atomic E-state index is 11.4. The van der Waals surface area contributed by atoms with E-state index < -0.39 is 26.5 Å². The number of nitrogens with two attached hydrogens (primary N) is 1. The topological polar surface area (TPSA) is 98.5 Å². The average molecular weight is 264 g/mol. The molecule has 1 amide bonds. The maximum absolute atomic E-state index is 11.4. The molecule has 7 heteroatoms. The Bertz CT molecular complexity index is 393. The van der Waals surface area contributed by atoms with Crippen LogP contribution in [0.25, 0.3) is 0 Å². The molecule has 1 aliphatic rings. The molecule has 3 N–H and O–H groups in total. The van der Waals surface area contributed by atoms with E-state index in [-0.39, 0.29) is 6.54 Å². The van der Waals surface area contributed by atoms with Gasteiger partial charge in [-0.05, 0) is 33.6 Å². The summed E-state index contributed by atoms with van der Waals surface area (Å²) in [4.78, 5) is 11.4. The van der Waals surface area contributed by atoms with Gasteiger partial charge in [0.05, 0.1) is 0 Å². The highest BCUT2D eigenvalue weighted by molar-refractivity contribution is 7.90. The molecule has 1 saturated carbocycles. The van der Waals surface area contributed by atoms with Crippen molar-refractivity contribution in [1.29, 1.82) is 0 Å². The van der Waals surface area contributed by atoms with Gasteiger partial charge in [-0.15, -0.1) is 0 Å². The molecule has 0 bridgehead atoms. The first-order chi connectivity index (χ1) is 7.56. The SMILES string of the molecule is CC(C)(C)OC(=O)NCC1(S(N)(=O)=O)CCC1. The van der Waals surface area contributed by atoms with E-state index in [9.17, 15) is 13.2 Å². The number of alkyl carbamates (subject to hydrolysis) is 1. The molecule has 0 atom stereocenters. The second-order valence-electron chi connectivity index (χ2n) is 5.44. The van der Waals surface area contributed by atoms with Gasteiger partial charge in [0.15, 0.2) is 0 Å². The summed E-state index contributed by atoms with van der Waals surface area (Å²) in [6.45, 7) is 5.24. The van der Waals surface area contributed by atoms with Crippen LogP contribution >= 0.6 is 0 Å². The largest absolute Gasteiger partial charge is 0.444 e. The third-order valence-electron chi connectivity index (χ3n) is 2.82. The Morgan fingerprint density at radius 2 is 1.94 bits per heavy atom. The van der Waals surface area contributed by atoms with E-state index in [1.807, 2.05) is 0 Å². The Kier molecular flexibility index (Phi) is 3.73. The molecule has 0 aromatic carbocycles. The van der Waals surface area contributed by atoms with Crippen LogP contribution < -0.4 is 10.5 Å². The Morgan fingerprint density at radius 1 is 1.41 bits per heavy atom. The van der Waals surface area contributed by atoms with Crippen molar-refractivity contribution in [3.8, 4) is 0 Å². The lowest BCUT2D eigenvalue weighted by Crippen LogP contribution is -2.56. The first kappa shape index (κ1) is 14.2. The number of rotatable bonds is 3. The molecule has 0 aliphatic heterocycles. The smallest absolute Gasteiger partial charge is 0.407 e. The van der Waals surface area contributed by atoms with Gasteiger partial charge >= 0.3 is 6.09 Å². The molecule has 0 spiro atoms. The minimum Gasteiger partial charge on any atom is -0.444 e. The van der Waals surface area contributed by atoms with Gasteiger partial charge in [0.25, 0.3) is 0 Å². The molecule has 0 saturated heterocycles. The zero-order valence-corrected chi connectivity index (χ0v) is 11.3. The van der Waals surface area contributed by atoms with Crippen molar-refractivity contribution in [2.24, 2.45) is 5.14 Å². The van der Waals surface area contributed by atoms with Crippen LogP contribution in [0.5, 0.6) is 0 Å². The van der Waals surface area contributed by atoms with Crippen LogP contribution in [0, 0.1) is 0 Å². The fourth-order valence-corrected chi connectivity index (χ4v) is 2.81. The number of hydrogen-bond acceptors (Lipinski definition) is 4. The van der Waals surface area contributed by atoms with Gasteiger partial charge in [-0.25, -0.2) is 18.4 Å². The molecular formula is C10H20N2O4S. The van der Waals surface area contributed by atoms with Crippen molar-refractivity contribution < 1.29 is 17.9 Å². The Labute approximate surface area is 102 Å². The normalized spacial score (nSPS) is 19.3. The minimum atomic E-state index is -3.64. The van der Waals surface area contributed by atoms with Crippen LogP contribution in [0.1, 0.15) is 40.0 Å². The lowest BCUT2D eigenvalue weighted by Gasteiger charge is -2.39. The van der Waals surface area contributed by atoms with E-state index in [1.165, 1.54) is 0 Å². The predicted molar refractivity (Wildman–Crippen MR) is 63.9 cm³/mol. The number of hydrogen-bond donors (Lipinski definition) is 2. The van der Waals surface area contributed by atoms with E-state index in [2.05, 4.69) is 5.32 Å². The predicted octanol–water partition coefficient (Wildman–Crippen LogP) is 0.722. The van der Waals surface area contributed by atoms with Crippen molar-refractivity contribution in [3.05, 3.63) is 0 Å². The Morgan fingerprint density at radius 3 is 2.24 bits per heavy atom. The summed E-state index contributed by atoms with van der Waals surface area (Å²) in [5, 5.41) is 7.64. The monoisotopic (exact) mass is 264 g/mol. The van der Waals surface area contributed by atoms with Crippen LogP contribution in [0.2, 0.25) is 0 Å². The maximum Gasteiger partial charge on any atom is 0.407 e. The number of carbonyl (C=O) groups is 1. The molecule has 1 fully saturated rings. The number of amides is 1. The molecule has 0 unspecified atom stereocenters. The number of sulfonamides is 1. The Hall–Kier alpha value is -0.820. The van der Waals surface area contributed by atoms with E-state index >= 15 is 0 Å². The minimum absolute atomic E-state index is 0.0146. The van der Waals surface area contributed by atoms with Crippen molar-refractivity contribution in [2.75, 3.05) is 6.54 Å². The second-order valence-corrected chi connectivity index (χ2v) is 7.39. The standard InChI is InChI=1S/C10H20N2O4S/c1-9(2,3)16-8(13)12-7-10(5-4-6-10)17(11,14)15/h4-7H2,1-3H3,(H,12,13)(H2,11,14,15). The van der Waals surface area contributed by atoms with Crippen LogP contribution in [-0.2, 0) is 14.8 Å². The van der Waals surface area contributed by atoms with Crippen LogP contribution in [0.15, 0.2) is 0 Å². The summed E-state index contributed by atoms with van der Waals surface area (Å²) in [6.07, 6.45) is 1.17. The van der Waals surface area contributed by atoms with Gasteiger partial charge in [0.2, 0.25) is 10.0 Å². The highest BCUT2D eigenvalue weighted by Crippen LogP contribution is 2.37. The first-order valence-corrected chi connectivity index (χ1v) is 7.10. The summed E-state index contributed by atoms with van der Waals surface area (Å²) in [5.74, 6) is 0. The van der Waals surface area contributed by atoms with Gasteiger partial charge in [-0.2, -0.15) is 0 Å². The van der Waals surface area contributed by atoms with Gasteiger partial charge in [-0.1, -0.05) is 6.42 Å². The highest BCUT2D eigenvalue weighted by atomic mass is 32.2. The number of ether oxygens (including phenoxy) is 1. The second kappa shape index (κ2) is 4.45. The molecule has 0 heterocycles. The quantitative estimate of drug-likeness (QED) is 0.784. The van der Waals surface area contributed by atoms with E-state index in [0.717, 1.165) is 6.42 Å². The third kappa shape index (κ3) is 3.57. The van der Waals surface area contributed by atoms with Crippen LogP contribution in [0.4, 0.5) is 4.79 Å². The summed E-state index contributed by atoms with van der Waals surface area (Å²) in [6, 6.07) is 0. The molecule has 1 aliphatic carbocycles. The summed E-state index contributed by atoms with van der Waals surface area (Å²) in [7, 11) is -3.64. The molecule has 17 heavy (non-hydrogen) atoms. The lowest BCUT2D eigenvalue weighted by atomic mass is 9.84. The van der Waals surface area contributed by atoms with Gasteiger partial charge < -0.3 is 10.1 Å². The van der Waals surface area contributed by atoms with Crippen LogP contribution in [0.3, 0.4) is 0 Å². The zero-order chi connectivity index (χ0) is 13.3. The molecule has 0 radical (unpaired) electrons. The zero-order valence-electron chi connectivity index (χ0n) is 10.4. The molecule has 0 aromatic rings. The van der Waals surface area contributed by atoms with Crippen molar-refractivity contribution in [1.82, 2.24) is 5.32 Å². The van der Waals surface area contributed by atoms with Crippen molar-refractivity contribution in [3.63, 3.8) is 0 Å². The molecule has 1 rings (SSSR count). The number of carbonyl (C=O) groups excluding carboxylic acids is 1. The highest BCUT2D eigenvalue weighted by Gasteiger charge is 2.47. The lowest BCUT2D eigenvalue weighted by molar-refractivity contribution is 0.0515. The molecule has 0 aromatic heterocycles. The fraction of sp³-hybridized carbons (Fsp3) is 0.900. The molecular weight excluding hydrogens is 244 g/mol. The Balaban J connectivity index is 2.53. The number of nitrogens with one attached hydrogen (secondary N) is 1. The van der Waals surface area contributed by atoms with Crippen molar-refractivity contribution in [2.45, 2.75) is 50.4 Å². The first-order valence-electron chi connectivity index (χ1n) is 5.55. The van der Waals surface area contributed by atoms with E-state index in [1.54, 1.807) is 20.8 Å². The molecule has 6 nitrogen and oxygen atoms in total. The molecule has 100 valence electrons. The van der Waals surface area contributed by atoms with E-state index in [4.69, 9.17) is 9.88 Å². The van der Waals surface area contributed by atoms with Crippen LogP contribution in [-0.4, -0.2) is 31.4 Å².